The van der Waals surface area contributed by atoms with E-state index in [9.17, 15) is 17.6 Å². The molecular formula is C29H33FN4O3S. The summed E-state index contributed by atoms with van der Waals surface area (Å²) >= 11 is 0. The van der Waals surface area contributed by atoms with Gasteiger partial charge in [0, 0.05) is 35.2 Å². The fourth-order valence-corrected chi connectivity index (χ4v) is 5.25. The summed E-state index contributed by atoms with van der Waals surface area (Å²) in [5.74, 6) is -0.769. The van der Waals surface area contributed by atoms with Crippen LogP contribution in [0, 0.1) is 5.82 Å². The molecule has 0 aliphatic carbocycles. The van der Waals surface area contributed by atoms with E-state index < -0.39 is 15.8 Å². The largest absolute Gasteiger partial charge is 0.350 e. The maximum Gasteiger partial charge on any atom is 0.268 e. The third-order valence-corrected chi connectivity index (χ3v) is 7.66. The average Bonchev–Trinajstić information content (AvgIpc) is 3.22. The van der Waals surface area contributed by atoms with Gasteiger partial charge in [-0.15, -0.1) is 0 Å². The molecule has 0 saturated carbocycles. The summed E-state index contributed by atoms with van der Waals surface area (Å²) in [7, 11) is -0.0393. The molecule has 3 N–H and O–H groups in total. The fourth-order valence-electron chi connectivity index (χ4n) is 4.20. The van der Waals surface area contributed by atoms with E-state index in [0.717, 1.165) is 5.56 Å². The summed E-state index contributed by atoms with van der Waals surface area (Å²) in [5.41, 5.74) is 3.17. The van der Waals surface area contributed by atoms with Crippen LogP contribution in [0.5, 0.6) is 0 Å². The lowest BCUT2D eigenvalue weighted by Crippen LogP contribution is -2.31. The summed E-state index contributed by atoms with van der Waals surface area (Å²) in [5, 5.41) is 3.48. The number of aromatic amines is 1. The van der Waals surface area contributed by atoms with E-state index in [2.05, 4.69) is 35.8 Å². The number of carbonyl (C=O) groups excluding carboxylic acids is 1. The highest BCUT2D eigenvalue weighted by atomic mass is 32.2. The second-order valence-electron chi connectivity index (χ2n) is 10.6. The number of benzene rings is 3. The number of nitrogens with zero attached hydrogens (tertiary/aromatic N) is 1. The number of amides is 1. The third kappa shape index (κ3) is 6.06. The number of halogens is 1. The van der Waals surface area contributed by atoms with E-state index in [0.29, 0.717) is 40.8 Å². The molecule has 1 heterocycles. The van der Waals surface area contributed by atoms with Crippen LogP contribution >= 0.6 is 0 Å². The number of carbonyl (C=O) groups is 1. The monoisotopic (exact) mass is 536 g/mol. The predicted octanol–water partition coefficient (Wildman–Crippen LogP) is 5.36. The van der Waals surface area contributed by atoms with Crippen LogP contribution in [0.2, 0.25) is 0 Å². The van der Waals surface area contributed by atoms with Crippen LogP contribution in [-0.2, 0) is 15.4 Å². The van der Waals surface area contributed by atoms with Crippen LogP contribution in [0.25, 0.3) is 22.0 Å². The summed E-state index contributed by atoms with van der Waals surface area (Å²) in [6.07, 6.45) is 0. The SMILES string of the molecule is CN(C)CCNC(=O)c1[nH]c2ccc(NS(=O)(=O)c3ccc(C(C)(C)C)cc3)cc2c1-c1cccc(F)c1. The molecule has 0 radical (unpaired) electrons. The molecule has 3 aromatic carbocycles. The van der Waals surface area contributed by atoms with Crippen molar-refractivity contribution in [1.82, 2.24) is 15.2 Å². The van der Waals surface area contributed by atoms with Crippen molar-refractivity contribution >= 4 is 32.5 Å². The van der Waals surface area contributed by atoms with E-state index >= 15 is 0 Å². The molecule has 7 nitrogen and oxygen atoms in total. The van der Waals surface area contributed by atoms with Gasteiger partial charge in [0.25, 0.3) is 15.9 Å². The Morgan fingerprint density at radius 1 is 1.00 bits per heavy atom. The van der Waals surface area contributed by atoms with Gasteiger partial charge >= 0.3 is 0 Å². The highest BCUT2D eigenvalue weighted by molar-refractivity contribution is 7.92. The summed E-state index contributed by atoms with van der Waals surface area (Å²) in [6, 6.07) is 17.8. The molecule has 1 aromatic heterocycles. The smallest absolute Gasteiger partial charge is 0.268 e. The lowest BCUT2D eigenvalue weighted by Gasteiger charge is -2.19. The number of hydrogen-bond donors (Lipinski definition) is 3. The number of anilines is 1. The molecule has 0 saturated heterocycles. The summed E-state index contributed by atoms with van der Waals surface area (Å²) in [4.78, 5) is 18.3. The number of likely N-dealkylation sites (N-methyl/N-ethyl adjacent to an activating group) is 1. The Bertz CT molecular complexity index is 1570. The molecule has 0 fully saturated rings. The van der Waals surface area contributed by atoms with Crippen molar-refractivity contribution in [2.45, 2.75) is 31.1 Å². The van der Waals surface area contributed by atoms with Crippen LogP contribution in [0.15, 0.2) is 71.6 Å². The zero-order valence-electron chi connectivity index (χ0n) is 22.2. The topological polar surface area (TPSA) is 94.3 Å². The van der Waals surface area contributed by atoms with Crippen LogP contribution < -0.4 is 10.0 Å². The van der Waals surface area contributed by atoms with Gasteiger partial charge in [0.1, 0.15) is 11.5 Å². The average molecular weight is 537 g/mol. The van der Waals surface area contributed by atoms with Gasteiger partial charge < -0.3 is 15.2 Å². The van der Waals surface area contributed by atoms with Crippen molar-refractivity contribution in [3.63, 3.8) is 0 Å². The van der Waals surface area contributed by atoms with Gasteiger partial charge in [0.05, 0.1) is 4.90 Å². The minimum Gasteiger partial charge on any atom is -0.350 e. The van der Waals surface area contributed by atoms with E-state index in [-0.39, 0.29) is 21.9 Å². The Balaban J connectivity index is 1.73. The number of H-pyrrole nitrogens is 1. The quantitative estimate of drug-likeness (QED) is 0.282. The number of nitrogens with one attached hydrogen (secondary N) is 3. The Kier molecular flexibility index (Phi) is 7.62. The molecular weight excluding hydrogens is 503 g/mol. The third-order valence-electron chi connectivity index (χ3n) is 6.27. The molecule has 0 aliphatic heterocycles. The Labute approximate surface area is 223 Å². The fraction of sp³-hybridized carbons (Fsp3) is 0.276. The Morgan fingerprint density at radius 3 is 2.34 bits per heavy atom. The molecule has 200 valence electrons. The number of rotatable bonds is 8. The van der Waals surface area contributed by atoms with Gasteiger partial charge in [0.2, 0.25) is 0 Å². The molecule has 0 spiro atoms. The molecule has 0 aliphatic rings. The second-order valence-corrected chi connectivity index (χ2v) is 12.3. The lowest BCUT2D eigenvalue weighted by atomic mass is 9.87. The first-order valence-electron chi connectivity index (χ1n) is 12.3. The number of fused-ring (bicyclic) bond motifs is 1. The zero-order valence-corrected chi connectivity index (χ0v) is 23.0. The van der Waals surface area contributed by atoms with E-state index in [1.54, 1.807) is 42.5 Å². The molecule has 1 amide bonds. The van der Waals surface area contributed by atoms with Crippen molar-refractivity contribution < 1.29 is 17.6 Å². The second kappa shape index (κ2) is 10.6. The van der Waals surface area contributed by atoms with Crippen LogP contribution in [0.4, 0.5) is 10.1 Å². The molecule has 4 aromatic rings. The highest BCUT2D eigenvalue weighted by Crippen LogP contribution is 2.35. The highest BCUT2D eigenvalue weighted by Gasteiger charge is 2.22. The number of sulfonamides is 1. The first-order chi connectivity index (χ1) is 17.8. The Morgan fingerprint density at radius 2 is 1.71 bits per heavy atom. The number of aromatic nitrogens is 1. The van der Waals surface area contributed by atoms with Crippen LogP contribution in [0.1, 0.15) is 36.8 Å². The number of hydrogen-bond acceptors (Lipinski definition) is 4. The maximum absolute atomic E-state index is 14.2. The van der Waals surface area contributed by atoms with Crippen molar-refractivity contribution in [3.05, 3.63) is 83.8 Å². The molecule has 4 rings (SSSR count). The normalized spacial score (nSPS) is 12.2. The molecule has 0 bridgehead atoms. The minimum atomic E-state index is -3.86. The van der Waals surface area contributed by atoms with Gasteiger partial charge in [-0.1, -0.05) is 45.0 Å². The van der Waals surface area contributed by atoms with E-state index in [1.165, 1.54) is 12.1 Å². The van der Waals surface area contributed by atoms with Crippen LogP contribution in [0.3, 0.4) is 0 Å². The standard InChI is InChI=1S/C29H33FN4O3S/c1-29(2,3)20-9-12-23(13-10-20)38(36,37)33-22-11-14-25-24(18-22)26(19-7-6-8-21(30)17-19)27(32-25)28(35)31-15-16-34(4)5/h6-14,17-18,32-33H,15-16H2,1-5H3,(H,31,35). The minimum absolute atomic E-state index is 0.0984. The summed E-state index contributed by atoms with van der Waals surface area (Å²) < 4.78 is 43.1. The van der Waals surface area contributed by atoms with Gasteiger partial charge in [0.15, 0.2) is 0 Å². The zero-order chi connectivity index (χ0) is 27.7. The lowest BCUT2D eigenvalue weighted by molar-refractivity contribution is 0.0947. The van der Waals surface area contributed by atoms with E-state index in [1.807, 2.05) is 31.1 Å². The van der Waals surface area contributed by atoms with Crippen molar-refractivity contribution in [1.29, 1.82) is 0 Å². The van der Waals surface area contributed by atoms with Gasteiger partial charge in [-0.25, -0.2) is 12.8 Å². The predicted molar refractivity (Wildman–Crippen MR) is 151 cm³/mol. The van der Waals surface area contributed by atoms with Gasteiger partial charge in [-0.3, -0.25) is 9.52 Å². The van der Waals surface area contributed by atoms with Gasteiger partial charge in [-0.2, -0.15) is 0 Å². The van der Waals surface area contributed by atoms with Crippen molar-refractivity contribution in [2.24, 2.45) is 0 Å². The van der Waals surface area contributed by atoms with E-state index in [4.69, 9.17) is 0 Å². The molecule has 0 atom stereocenters. The first-order valence-corrected chi connectivity index (χ1v) is 13.8. The summed E-state index contributed by atoms with van der Waals surface area (Å²) in [6.45, 7) is 7.28. The van der Waals surface area contributed by atoms with Gasteiger partial charge in [-0.05, 0) is 73.1 Å². The Hall–Kier alpha value is -3.69. The molecule has 0 unspecified atom stereocenters. The van der Waals surface area contributed by atoms with Crippen molar-refractivity contribution in [3.8, 4) is 11.1 Å². The van der Waals surface area contributed by atoms with Crippen molar-refractivity contribution in [2.75, 3.05) is 31.9 Å². The maximum atomic E-state index is 14.2. The molecule has 9 heteroatoms. The molecule has 38 heavy (non-hydrogen) atoms. The first kappa shape index (κ1) is 27.3. The van der Waals surface area contributed by atoms with Crippen LogP contribution in [-0.4, -0.2) is 51.4 Å².